The monoisotopic (exact) mass is 478 g/mol. The molecule has 0 saturated heterocycles. The number of anilines is 2. The van der Waals surface area contributed by atoms with Crippen molar-refractivity contribution in [2.24, 2.45) is 0 Å². The quantitative estimate of drug-likeness (QED) is 0.398. The zero-order valence-corrected chi connectivity index (χ0v) is 17.7. The molecular weight excluding hydrogens is 459 g/mol. The van der Waals surface area contributed by atoms with Crippen LogP contribution in [-0.4, -0.2) is 32.1 Å². The molecule has 0 bridgehead atoms. The molecule has 13 heteroatoms. The van der Waals surface area contributed by atoms with Crippen LogP contribution in [0, 0.1) is 11.6 Å². The van der Waals surface area contributed by atoms with Gasteiger partial charge in [-0.3, -0.25) is 9.52 Å². The first kappa shape index (κ1) is 25.0. The molecule has 0 radical (unpaired) electrons. The Morgan fingerprint density at radius 1 is 1.16 bits per heavy atom. The first-order valence-electron chi connectivity index (χ1n) is 9.04. The van der Waals surface area contributed by atoms with Crippen molar-refractivity contribution < 1.29 is 35.2 Å². The lowest BCUT2D eigenvalue weighted by molar-refractivity contribution is -0.141. The molecule has 32 heavy (non-hydrogen) atoms. The number of hydrogen-bond donors (Lipinski definition) is 3. The van der Waals surface area contributed by atoms with Gasteiger partial charge in [-0.2, -0.15) is 13.2 Å². The van der Waals surface area contributed by atoms with Crippen LogP contribution < -0.4 is 15.4 Å². The topological polar surface area (TPSA) is 100 Å². The molecule has 1 amide bonds. The van der Waals surface area contributed by atoms with Gasteiger partial charge in [-0.25, -0.2) is 22.2 Å². The zero-order chi connectivity index (χ0) is 24.1. The van der Waals surface area contributed by atoms with Crippen LogP contribution in [0.3, 0.4) is 0 Å². The SMILES string of the molecule is CCNc1nc(C(F)(F)F)ccc1/C=C\C(=O)NCc1cc(F)c(NS(C)(=O)=O)c(F)c1. The van der Waals surface area contributed by atoms with Gasteiger partial charge in [-0.1, -0.05) is 0 Å². The molecule has 0 atom stereocenters. The predicted molar refractivity (Wildman–Crippen MR) is 109 cm³/mol. The number of nitrogens with one attached hydrogen (secondary N) is 3. The molecule has 0 aliphatic carbocycles. The fourth-order valence-electron chi connectivity index (χ4n) is 2.50. The van der Waals surface area contributed by atoms with Gasteiger partial charge in [-0.05, 0) is 42.8 Å². The van der Waals surface area contributed by atoms with Gasteiger partial charge in [0.1, 0.15) is 17.2 Å². The third-order valence-corrected chi connectivity index (χ3v) is 4.41. The lowest BCUT2D eigenvalue weighted by Gasteiger charge is -2.11. The number of hydrogen-bond acceptors (Lipinski definition) is 5. The van der Waals surface area contributed by atoms with Crippen molar-refractivity contribution in [1.82, 2.24) is 10.3 Å². The maximum atomic E-state index is 14.0. The summed E-state index contributed by atoms with van der Waals surface area (Å²) in [5, 5.41) is 5.04. The van der Waals surface area contributed by atoms with Gasteiger partial charge in [-0.15, -0.1) is 0 Å². The number of amides is 1. The second-order valence-corrected chi connectivity index (χ2v) is 8.27. The highest BCUT2D eigenvalue weighted by molar-refractivity contribution is 7.92. The first-order chi connectivity index (χ1) is 14.8. The van der Waals surface area contributed by atoms with Crippen molar-refractivity contribution in [3.63, 3.8) is 0 Å². The third kappa shape index (κ3) is 7.18. The van der Waals surface area contributed by atoms with Gasteiger partial charge in [0.2, 0.25) is 15.9 Å². The van der Waals surface area contributed by atoms with Crippen LogP contribution >= 0.6 is 0 Å². The second kappa shape index (κ2) is 9.94. The van der Waals surface area contributed by atoms with Gasteiger partial charge >= 0.3 is 6.18 Å². The Morgan fingerprint density at radius 3 is 2.31 bits per heavy atom. The number of halogens is 5. The molecule has 174 valence electrons. The van der Waals surface area contributed by atoms with Gasteiger partial charge in [0.15, 0.2) is 11.6 Å². The van der Waals surface area contributed by atoms with Crippen molar-refractivity contribution in [3.8, 4) is 0 Å². The number of nitrogens with zero attached hydrogens (tertiary/aromatic N) is 1. The molecule has 1 aromatic heterocycles. The molecule has 2 rings (SSSR count). The summed E-state index contributed by atoms with van der Waals surface area (Å²) >= 11 is 0. The molecule has 0 saturated carbocycles. The average Bonchev–Trinajstić information content (AvgIpc) is 2.67. The predicted octanol–water partition coefficient (Wildman–Crippen LogP) is 3.51. The number of benzene rings is 1. The maximum absolute atomic E-state index is 14.0. The van der Waals surface area contributed by atoms with E-state index in [0.717, 1.165) is 36.6 Å². The van der Waals surface area contributed by atoms with Crippen molar-refractivity contribution in [3.05, 3.63) is 58.8 Å². The van der Waals surface area contributed by atoms with Crippen molar-refractivity contribution in [2.45, 2.75) is 19.6 Å². The van der Waals surface area contributed by atoms with E-state index in [0.29, 0.717) is 6.54 Å². The van der Waals surface area contributed by atoms with Crippen LogP contribution in [0.1, 0.15) is 23.7 Å². The first-order valence-corrected chi connectivity index (χ1v) is 10.9. The van der Waals surface area contributed by atoms with E-state index >= 15 is 0 Å². The minimum absolute atomic E-state index is 0.0188. The molecule has 0 aliphatic heterocycles. The lowest BCUT2D eigenvalue weighted by atomic mass is 10.2. The van der Waals surface area contributed by atoms with Crippen LogP contribution in [0.4, 0.5) is 33.5 Å². The van der Waals surface area contributed by atoms with E-state index in [-0.39, 0.29) is 23.5 Å². The summed E-state index contributed by atoms with van der Waals surface area (Å²) in [7, 11) is -3.89. The van der Waals surface area contributed by atoms with Crippen LogP contribution in [0.2, 0.25) is 0 Å². The van der Waals surface area contributed by atoms with E-state index in [9.17, 15) is 35.2 Å². The zero-order valence-electron chi connectivity index (χ0n) is 16.8. The minimum atomic E-state index is -4.62. The molecule has 1 heterocycles. The molecule has 2 aromatic rings. The van der Waals surface area contributed by atoms with E-state index in [1.807, 2.05) is 0 Å². The normalized spacial score (nSPS) is 12.1. The van der Waals surface area contributed by atoms with E-state index in [4.69, 9.17) is 0 Å². The number of rotatable bonds is 8. The Bertz CT molecular complexity index is 1110. The fourth-order valence-corrected chi connectivity index (χ4v) is 3.06. The highest BCUT2D eigenvalue weighted by Gasteiger charge is 2.32. The fraction of sp³-hybridized carbons (Fsp3) is 0.263. The molecule has 7 nitrogen and oxygen atoms in total. The summed E-state index contributed by atoms with van der Waals surface area (Å²) in [4.78, 5) is 15.5. The maximum Gasteiger partial charge on any atom is 0.433 e. The molecule has 0 aliphatic rings. The minimum Gasteiger partial charge on any atom is -0.370 e. The Kier molecular flexibility index (Phi) is 7.78. The van der Waals surface area contributed by atoms with Crippen LogP contribution in [0.25, 0.3) is 6.08 Å². The van der Waals surface area contributed by atoms with Gasteiger partial charge in [0.25, 0.3) is 0 Å². The summed E-state index contributed by atoms with van der Waals surface area (Å²) in [6, 6.07) is 3.62. The summed E-state index contributed by atoms with van der Waals surface area (Å²) in [6.45, 7) is 1.67. The third-order valence-electron chi connectivity index (χ3n) is 3.83. The number of carbonyl (C=O) groups excluding carboxylic acids is 1. The number of alkyl halides is 3. The molecule has 0 spiro atoms. The summed E-state index contributed by atoms with van der Waals surface area (Å²) in [5.41, 5.74) is -1.69. The van der Waals surface area contributed by atoms with Crippen molar-refractivity contribution >= 4 is 33.5 Å². The smallest absolute Gasteiger partial charge is 0.370 e. The van der Waals surface area contributed by atoms with Crippen LogP contribution in [0.15, 0.2) is 30.3 Å². The number of aromatic nitrogens is 1. The summed E-state index contributed by atoms with van der Waals surface area (Å²) < 4.78 is 90.4. The van der Waals surface area contributed by atoms with Gasteiger partial charge in [0, 0.05) is 24.7 Å². The number of carbonyl (C=O) groups is 1. The average molecular weight is 478 g/mol. The highest BCUT2D eigenvalue weighted by atomic mass is 32.2. The van der Waals surface area contributed by atoms with Crippen molar-refractivity contribution in [2.75, 3.05) is 22.8 Å². The Hall–Kier alpha value is -3.22. The van der Waals surface area contributed by atoms with Gasteiger partial charge in [0.05, 0.1) is 6.26 Å². The lowest BCUT2D eigenvalue weighted by Crippen LogP contribution is -2.21. The molecular formula is C19H19F5N4O3S. The van der Waals surface area contributed by atoms with E-state index < -0.39 is 45.1 Å². The van der Waals surface area contributed by atoms with E-state index in [1.54, 1.807) is 11.6 Å². The summed E-state index contributed by atoms with van der Waals surface area (Å²) in [6.07, 6.45) is -1.63. The summed E-state index contributed by atoms with van der Waals surface area (Å²) in [5.74, 6) is -3.08. The molecule has 3 N–H and O–H groups in total. The number of pyridine rings is 1. The van der Waals surface area contributed by atoms with Crippen molar-refractivity contribution in [1.29, 1.82) is 0 Å². The second-order valence-electron chi connectivity index (χ2n) is 6.52. The van der Waals surface area contributed by atoms with Gasteiger partial charge < -0.3 is 10.6 Å². The van der Waals surface area contributed by atoms with Crippen LogP contribution in [0.5, 0.6) is 0 Å². The van der Waals surface area contributed by atoms with E-state index in [1.165, 1.54) is 6.08 Å². The standard InChI is InChI=1S/C19H19F5N4O3S/c1-3-25-18-12(4-6-15(27-18)19(22,23)24)5-7-16(29)26-10-11-8-13(20)17(14(21)9-11)28-32(2,30)31/h4-9,28H,3,10H2,1-2H3,(H,25,27)(H,26,29)/b7-5-. The molecule has 0 fully saturated rings. The van der Waals surface area contributed by atoms with E-state index in [2.05, 4.69) is 15.6 Å². The van der Waals surface area contributed by atoms with Crippen LogP contribution in [-0.2, 0) is 27.5 Å². The highest BCUT2D eigenvalue weighted by Crippen LogP contribution is 2.29. The number of sulfonamides is 1. The Labute approximate surface area is 180 Å². The Balaban J connectivity index is 2.10. The molecule has 1 aromatic carbocycles. The molecule has 0 unspecified atom stereocenters. The Morgan fingerprint density at radius 2 is 1.78 bits per heavy atom. The largest absolute Gasteiger partial charge is 0.433 e.